The molecule has 1 amide bonds. The Labute approximate surface area is 130 Å². The van der Waals surface area contributed by atoms with Crippen LogP contribution in [0.4, 0.5) is 10.5 Å². The van der Waals surface area contributed by atoms with Crippen LogP contribution in [-0.4, -0.2) is 26.7 Å². The molecule has 22 heavy (non-hydrogen) atoms. The third-order valence-corrected chi connectivity index (χ3v) is 2.90. The molecule has 118 valence electrons. The number of benzene rings is 1. The quantitative estimate of drug-likeness (QED) is 0.937. The lowest BCUT2D eigenvalue weighted by atomic mass is 10.1. The second-order valence-electron chi connectivity index (χ2n) is 6.40. The van der Waals surface area contributed by atoms with E-state index in [9.17, 15) is 4.79 Å². The van der Waals surface area contributed by atoms with Gasteiger partial charge in [-0.2, -0.15) is 0 Å². The van der Waals surface area contributed by atoms with Crippen molar-refractivity contribution in [2.45, 2.75) is 46.1 Å². The molecule has 6 heteroatoms. The van der Waals surface area contributed by atoms with Crippen molar-refractivity contribution in [2.75, 3.05) is 5.32 Å². The van der Waals surface area contributed by atoms with Gasteiger partial charge in [0.1, 0.15) is 5.60 Å². The van der Waals surface area contributed by atoms with Crippen LogP contribution in [0.5, 0.6) is 0 Å². The summed E-state index contributed by atoms with van der Waals surface area (Å²) in [6, 6.07) is 7.42. The Morgan fingerprint density at radius 2 is 2.05 bits per heavy atom. The zero-order valence-corrected chi connectivity index (χ0v) is 13.6. The normalized spacial score (nSPS) is 11.5. The van der Waals surface area contributed by atoms with Crippen molar-refractivity contribution in [2.24, 2.45) is 0 Å². The van der Waals surface area contributed by atoms with Crippen LogP contribution >= 0.6 is 0 Å². The van der Waals surface area contributed by atoms with E-state index in [-0.39, 0.29) is 0 Å². The Balaban J connectivity index is 2.20. The first-order valence-corrected chi connectivity index (χ1v) is 7.27. The van der Waals surface area contributed by atoms with Crippen molar-refractivity contribution in [3.8, 4) is 5.69 Å². The van der Waals surface area contributed by atoms with Crippen molar-refractivity contribution in [1.29, 1.82) is 0 Å². The van der Waals surface area contributed by atoms with E-state index >= 15 is 0 Å². The van der Waals surface area contributed by atoms with Gasteiger partial charge in [-0.05, 0) is 44.9 Å². The number of carbonyl (C=O) groups excluding carboxylic acids is 1. The van der Waals surface area contributed by atoms with Crippen molar-refractivity contribution >= 4 is 11.8 Å². The first kappa shape index (κ1) is 16.0. The fraction of sp³-hybridized carbons (Fsp3) is 0.438. The molecule has 0 aliphatic rings. The van der Waals surface area contributed by atoms with Gasteiger partial charge in [0.25, 0.3) is 0 Å². The van der Waals surface area contributed by atoms with Crippen LogP contribution in [0.15, 0.2) is 30.5 Å². The predicted octanol–water partition coefficient (Wildman–Crippen LogP) is 3.74. The third-order valence-electron chi connectivity index (χ3n) is 2.90. The van der Waals surface area contributed by atoms with Gasteiger partial charge in [0.05, 0.1) is 17.6 Å². The molecule has 0 radical (unpaired) electrons. The summed E-state index contributed by atoms with van der Waals surface area (Å²) in [5.74, 6) is 0.303. The van der Waals surface area contributed by atoms with E-state index in [2.05, 4.69) is 29.5 Å². The van der Waals surface area contributed by atoms with E-state index in [4.69, 9.17) is 4.74 Å². The molecule has 0 aliphatic carbocycles. The Kier molecular flexibility index (Phi) is 4.49. The number of nitrogens with one attached hydrogen (secondary N) is 1. The van der Waals surface area contributed by atoms with E-state index in [0.29, 0.717) is 11.6 Å². The summed E-state index contributed by atoms with van der Waals surface area (Å²) in [6.07, 6.45) is 1.27. The molecule has 2 aromatic rings. The van der Waals surface area contributed by atoms with Crippen molar-refractivity contribution in [3.05, 3.63) is 36.2 Å². The number of ether oxygens (including phenoxy) is 1. The fourth-order valence-corrected chi connectivity index (χ4v) is 1.97. The minimum absolute atomic E-state index is 0.303. The zero-order chi connectivity index (χ0) is 16.3. The molecule has 0 unspecified atom stereocenters. The second kappa shape index (κ2) is 6.17. The van der Waals surface area contributed by atoms with E-state index in [0.717, 1.165) is 11.4 Å². The summed E-state index contributed by atoms with van der Waals surface area (Å²) in [5, 5.41) is 10.8. The number of anilines is 1. The SMILES string of the molecule is CC(C)c1cnnn1-c1cccc(NC(=O)OC(C)(C)C)c1. The molecule has 0 fully saturated rings. The van der Waals surface area contributed by atoms with Crippen molar-refractivity contribution in [3.63, 3.8) is 0 Å². The molecule has 1 aromatic carbocycles. The Hall–Kier alpha value is -2.37. The second-order valence-corrected chi connectivity index (χ2v) is 6.40. The lowest BCUT2D eigenvalue weighted by Gasteiger charge is -2.19. The molecule has 2 rings (SSSR count). The average molecular weight is 302 g/mol. The van der Waals surface area contributed by atoms with Gasteiger partial charge >= 0.3 is 6.09 Å². The minimum Gasteiger partial charge on any atom is -0.444 e. The van der Waals surface area contributed by atoms with Gasteiger partial charge in [-0.3, -0.25) is 5.32 Å². The highest BCUT2D eigenvalue weighted by Crippen LogP contribution is 2.20. The van der Waals surface area contributed by atoms with Gasteiger partial charge in [-0.1, -0.05) is 25.1 Å². The Morgan fingerprint density at radius 1 is 1.32 bits per heavy atom. The van der Waals surface area contributed by atoms with E-state index < -0.39 is 11.7 Å². The van der Waals surface area contributed by atoms with Crippen LogP contribution in [0.25, 0.3) is 5.69 Å². The first-order valence-electron chi connectivity index (χ1n) is 7.27. The number of hydrogen-bond acceptors (Lipinski definition) is 4. The predicted molar refractivity (Wildman–Crippen MR) is 85.3 cm³/mol. The van der Waals surface area contributed by atoms with E-state index in [1.54, 1.807) is 16.9 Å². The van der Waals surface area contributed by atoms with Crippen LogP contribution in [-0.2, 0) is 4.74 Å². The van der Waals surface area contributed by atoms with Crippen LogP contribution in [0.2, 0.25) is 0 Å². The highest BCUT2D eigenvalue weighted by atomic mass is 16.6. The monoisotopic (exact) mass is 302 g/mol. The molecule has 0 aliphatic heterocycles. The summed E-state index contributed by atoms with van der Waals surface area (Å²) in [7, 11) is 0. The van der Waals surface area contributed by atoms with Crippen LogP contribution in [0.1, 0.15) is 46.2 Å². The van der Waals surface area contributed by atoms with Gasteiger partial charge in [0.15, 0.2) is 0 Å². The van der Waals surface area contributed by atoms with Gasteiger partial charge in [0, 0.05) is 5.69 Å². The summed E-state index contributed by atoms with van der Waals surface area (Å²) in [5.41, 5.74) is 1.97. The zero-order valence-electron chi connectivity index (χ0n) is 13.6. The Morgan fingerprint density at radius 3 is 2.68 bits per heavy atom. The lowest BCUT2D eigenvalue weighted by Crippen LogP contribution is -2.27. The maximum absolute atomic E-state index is 11.8. The van der Waals surface area contributed by atoms with Crippen molar-refractivity contribution in [1.82, 2.24) is 15.0 Å². The average Bonchev–Trinajstić information content (AvgIpc) is 2.85. The summed E-state index contributed by atoms with van der Waals surface area (Å²) >= 11 is 0. The molecule has 0 atom stereocenters. The topological polar surface area (TPSA) is 69.0 Å². The summed E-state index contributed by atoms with van der Waals surface area (Å²) in [6.45, 7) is 9.64. The standard InChI is InChI=1S/C16H22N4O2/c1-11(2)14-10-17-19-20(14)13-8-6-7-12(9-13)18-15(21)22-16(3,4)5/h6-11H,1-5H3,(H,18,21). The van der Waals surface area contributed by atoms with Gasteiger partial charge in [-0.15, -0.1) is 5.10 Å². The number of nitrogens with zero attached hydrogens (tertiary/aromatic N) is 3. The molecule has 0 spiro atoms. The highest BCUT2D eigenvalue weighted by molar-refractivity contribution is 5.85. The first-order chi connectivity index (χ1) is 10.3. The van der Waals surface area contributed by atoms with Crippen LogP contribution < -0.4 is 5.32 Å². The number of hydrogen-bond donors (Lipinski definition) is 1. The molecular weight excluding hydrogens is 280 g/mol. The Bertz CT molecular complexity index is 656. The molecule has 1 N–H and O–H groups in total. The molecular formula is C16H22N4O2. The molecule has 6 nitrogen and oxygen atoms in total. The van der Waals surface area contributed by atoms with Crippen LogP contribution in [0.3, 0.4) is 0 Å². The number of carbonyl (C=O) groups is 1. The smallest absolute Gasteiger partial charge is 0.412 e. The maximum Gasteiger partial charge on any atom is 0.412 e. The number of rotatable bonds is 3. The maximum atomic E-state index is 11.8. The third kappa shape index (κ3) is 4.07. The molecule has 1 aromatic heterocycles. The van der Waals surface area contributed by atoms with E-state index in [1.165, 1.54) is 0 Å². The fourth-order valence-electron chi connectivity index (χ4n) is 1.97. The van der Waals surface area contributed by atoms with Gasteiger partial charge in [-0.25, -0.2) is 9.48 Å². The molecule has 1 heterocycles. The number of amides is 1. The molecule has 0 saturated heterocycles. The van der Waals surface area contributed by atoms with Gasteiger partial charge < -0.3 is 4.74 Å². The number of aromatic nitrogens is 3. The van der Waals surface area contributed by atoms with Crippen LogP contribution in [0, 0.1) is 0 Å². The molecule has 0 saturated carbocycles. The van der Waals surface area contributed by atoms with Gasteiger partial charge in [0.2, 0.25) is 0 Å². The lowest BCUT2D eigenvalue weighted by molar-refractivity contribution is 0.0636. The largest absolute Gasteiger partial charge is 0.444 e. The minimum atomic E-state index is -0.529. The highest BCUT2D eigenvalue weighted by Gasteiger charge is 2.16. The summed E-state index contributed by atoms with van der Waals surface area (Å²) in [4.78, 5) is 11.8. The van der Waals surface area contributed by atoms with Crippen molar-refractivity contribution < 1.29 is 9.53 Å². The summed E-state index contributed by atoms with van der Waals surface area (Å²) < 4.78 is 7.02. The van der Waals surface area contributed by atoms with E-state index in [1.807, 2.05) is 39.0 Å². The molecule has 0 bridgehead atoms.